The van der Waals surface area contributed by atoms with E-state index in [2.05, 4.69) is 16.0 Å². The Kier molecular flexibility index (Phi) is 9.83. The lowest BCUT2D eigenvalue weighted by Gasteiger charge is -2.24. The fourth-order valence-corrected chi connectivity index (χ4v) is 6.37. The van der Waals surface area contributed by atoms with E-state index in [1.165, 1.54) is 12.1 Å². The molecule has 12 heteroatoms. The maximum Gasteiger partial charge on any atom is 0.407 e. The molecule has 0 fully saturated rings. The molecule has 1 aliphatic rings. The number of hydrogen-bond donors (Lipinski definition) is 4. The van der Waals surface area contributed by atoms with Crippen molar-refractivity contribution in [2.24, 2.45) is 0 Å². The summed E-state index contributed by atoms with van der Waals surface area (Å²) >= 11 is 0. The van der Waals surface area contributed by atoms with Crippen LogP contribution in [0, 0.1) is 0 Å². The number of alkyl carbamates (subject to hydrolysis) is 1. The van der Waals surface area contributed by atoms with Crippen molar-refractivity contribution < 1.29 is 36.8 Å². The van der Waals surface area contributed by atoms with Crippen LogP contribution in [0.5, 0.6) is 0 Å². The highest BCUT2D eigenvalue weighted by molar-refractivity contribution is 7.86. The van der Waals surface area contributed by atoms with E-state index >= 15 is 0 Å². The van der Waals surface area contributed by atoms with Crippen molar-refractivity contribution >= 4 is 44.5 Å². The summed E-state index contributed by atoms with van der Waals surface area (Å²) in [6.07, 6.45) is -1.23. The minimum absolute atomic E-state index is 0.0403. The van der Waals surface area contributed by atoms with Gasteiger partial charge in [0.1, 0.15) is 23.1 Å². The number of nitrogens with one attached hydrogen (secondary N) is 3. The monoisotopic (exact) mass is 659 g/mol. The average Bonchev–Trinajstić information content (AvgIpc) is 3.34. The number of hydrogen-bond acceptors (Lipinski definition) is 8. The van der Waals surface area contributed by atoms with E-state index in [9.17, 15) is 27.4 Å². The maximum absolute atomic E-state index is 13.0. The first-order chi connectivity index (χ1) is 22.3. The molecule has 246 valence electrons. The zero-order chi connectivity index (χ0) is 33.8. The lowest BCUT2D eigenvalue weighted by Crippen LogP contribution is -2.47. The number of carbonyl (C=O) groups is 3. The van der Waals surface area contributed by atoms with Gasteiger partial charge in [0.25, 0.3) is 10.1 Å². The van der Waals surface area contributed by atoms with Gasteiger partial charge in [0.15, 0.2) is 0 Å². The quantitative estimate of drug-likeness (QED) is 0.0958. The average molecular weight is 660 g/mol. The second-order valence-corrected chi connectivity index (χ2v) is 13.6. The molecule has 5 rings (SSSR count). The first-order valence-electron chi connectivity index (χ1n) is 15.2. The number of anilines is 1. The minimum Gasteiger partial charge on any atom is -0.458 e. The summed E-state index contributed by atoms with van der Waals surface area (Å²) in [6.45, 7) is 5.52. The van der Waals surface area contributed by atoms with Crippen molar-refractivity contribution in [3.63, 3.8) is 0 Å². The zero-order valence-corrected chi connectivity index (χ0v) is 27.1. The summed E-state index contributed by atoms with van der Waals surface area (Å²) in [6, 6.07) is 24.1. The summed E-state index contributed by atoms with van der Waals surface area (Å²) < 4.78 is 44.2. The van der Waals surface area contributed by atoms with E-state index in [1.807, 2.05) is 48.5 Å². The summed E-state index contributed by atoms with van der Waals surface area (Å²) in [7, 11) is -4.41. The van der Waals surface area contributed by atoms with Gasteiger partial charge in [0.2, 0.25) is 5.91 Å². The number of carbonyl (C=O) groups excluding carboxylic acids is 3. The number of benzene rings is 4. The van der Waals surface area contributed by atoms with Gasteiger partial charge in [0.05, 0.1) is 6.42 Å². The highest BCUT2D eigenvalue weighted by atomic mass is 32.2. The molecular weight excluding hydrogens is 622 g/mol. The Hall–Kier alpha value is -4.94. The molecule has 1 aliphatic carbocycles. The molecule has 0 saturated heterocycles. The second-order valence-electron chi connectivity index (χ2n) is 12.2. The first kappa shape index (κ1) is 33.4. The zero-order valence-electron chi connectivity index (χ0n) is 26.3. The molecule has 0 heterocycles. The van der Waals surface area contributed by atoms with Crippen LogP contribution in [0.1, 0.15) is 44.2 Å². The second kappa shape index (κ2) is 13.8. The molecule has 4 aromatic carbocycles. The maximum atomic E-state index is 13.0. The van der Waals surface area contributed by atoms with E-state index in [0.717, 1.165) is 22.3 Å². The van der Waals surface area contributed by atoms with E-state index in [-0.39, 0.29) is 36.9 Å². The summed E-state index contributed by atoms with van der Waals surface area (Å²) in [4.78, 5) is 38.7. The van der Waals surface area contributed by atoms with Crippen molar-refractivity contribution in [2.45, 2.75) is 49.6 Å². The molecule has 1 unspecified atom stereocenters. The van der Waals surface area contributed by atoms with Crippen LogP contribution in [0.25, 0.3) is 21.9 Å². The van der Waals surface area contributed by atoms with Gasteiger partial charge in [-0.2, -0.15) is 8.42 Å². The Bertz CT molecular complexity index is 1870. The number of amides is 2. The third kappa shape index (κ3) is 8.08. The molecule has 11 nitrogen and oxygen atoms in total. The Morgan fingerprint density at radius 3 is 2.09 bits per heavy atom. The standard InChI is InChI=1S/C35H37N3O8S/c1-35(2,3)46-33(40)30(38-34(41)45-21-28-24-12-6-4-10-22(24)23-11-5-7-13-25(23)28)20-32(39)37-19-18-36-29-16-8-15-27-26(29)14-9-17-31(27)47(42,43)44/h4-17,28,30,36H,18-21H2,1-3H3,(H,37,39)(H,38,41)(H,42,43,44). The van der Waals surface area contributed by atoms with Crippen LogP contribution in [0.3, 0.4) is 0 Å². The van der Waals surface area contributed by atoms with Crippen LogP contribution >= 0.6 is 0 Å². The molecule has 0 spiro atoms. The number of fused-ring (bicyclic) bond motifs is 4. The third-order valence-electron chi connectivity index (χ3n) is 7.64. The van der Waals surface area contributed by atoms with Crippen LogP contribution in [0.4, 0.5) is 10.5 Å². The van der Waals surface area contributed by atoms with Crippen LogP contribution in [-0.2, 0) is 29.2 Å². The lowest BCUT2D eigenvalue weighted by molar-refractivity contribution is -0.158. The van der Waals surface area contributed by atoms with Crippen LogP contribution in [-0.4, -0.2) is 62.3 Å². The van der Waals surface area contributed by atoms with Crippen LogP contribution in [0.15, 0.2) is 89.8 Å². The topological polar surface area (TPSA) is 160 Å². The van der Waals surface area contributed by atoms with Gasteiger partial charge < -0.3 is 25.4 Å². The van der Waals surface area contributed by atoms with Crippen molar-refractivity contribution in [3.8, 4) is 11.1 Å². The number of rotatable bonds is 11. The van der Waals surface area contributed by atoms with Gasteiger partial charge in [-0.1, -0.05) is 72.8 Å². The Morgan fingerprint density at radius 2 is 1.45 bits per heavy atom. The highest BCUT2D eigenvalue weighted by Crippen LogP contribution is 2.44. The lowest BCUT2D eigenvalue weighted by atomic mass is 9.98. The highest BCUT2D eigenvalue weighted by Gasteiger charge is 2.32. The molecule has 0 saturated carbocycles. The number of esters is 1. The van der Waals surface area contributed by atoms with E-state index in [0.29, 0.717) is 16.5 Å². The van der Waals surface area contributed by atoms with Gasteiger partial charge in [-0.3, -0.25) is 9.35 Å². The summed E-state index contributed by atoms with van der Waals surface area (Å²) in [5.41, 5.74) is 4.00. The fraction of sp³-hybridized carbons (Fsp3) is 0.286. The Balaban J connectivity index is 1.18. The smallest absolute Gasteiger partial charge is 0.407 e. The Labute approximate surface area is 273 Å². The molecule has 0 radical (unpaired) electrons. The predicted octanol–water partition coefficient (Wildman–Crippen LogP) is 5.25. The number of ether oxygens (including phenoxy) is 2. The van der Waals surface area contributed by atoms with Crippen molar-refractivity contribution in [1.29, 1.82) is 0 Å². The molecule has 2 amide bonds. The SMILES string of the molecule is CC(C)(C)OC(=O)C(CC(=O)NCCNc1cccc2c(S(=O)(=O)O)cccc12)NC(=O)OCC1c2ccccc2-c2ccccc21. The Morgan fingerprint density at radius 1 is 0.830 bits per heavy atom. The van der Waals surface area contributed by atoms with E-state index in [1.54, 1.807) is 45.0 Å². The summed E-state index contributed by atoms with van der Waals surface area (Å²) in [5, 5.41) is 9.31. The van der Waals surface area contributed by atoms with Crippen LogP contribution < -0.4 is 16.0 Å². The minimum atomic E-state index is -4.41. The molecular formula is C35H37N3O8S. The van der Waals surface area contributed by atoms with Crippen molar-refractivity contribution in [3.05, 3.63) is 96.1 Å². The van der Waals surface area contributed by atoms with E-state index < -0.39 is 39.7 Å². The first-order valence-corrected chi connectivity index (χ1v) is 16.6. The van der Waals surface area contributed by atoms with Gasteiger partial charge in [-0.25, -0.2) is 9.59 Å². The van der Waals surface area contributed by atoms with Crippen LogP contribution in [0.2, 0.25) is 0 Å². The van der Waals surface area contributed by atoms with Gasteiger partial charge in [-0.05, 0) is 55.2 Å². The molecule has 0 aliphatic heterocycles. The largest absolute Gasteiger partial charge is 0.458 e. The molecule has 0 aromatic heterocycles. The molecule has 4 N–H and O–H groups in total. The van der Waals surface area contributed by atoms with Gasteiger partial charge >= 0.3 is 12.1 Å². The fourth-order valence-electron chi connectivity index (χ4n) is 5.67. The summed E-state index contributed by atoms with van der Waals surface area (Å²) in [5.74, 6) is -1.46. The normalized spacial score (nSPS) is 13.3. The van der Waals surface area contributed by atoms with E-state index in [4.69, 9.17) is 9.47 Å². The van der Waals surface area contributed by atoms with Gasteiger partial charge in [-0.15, -0.1) is 0 Å². The van der Waals surface area contributed by atoms with Gasteiger partial charge in [0, 0.05) is 35.5 Å². The molecule has 4 aromatic rings. The third-order valence-corrected chi connectivity index (χ3v) is 8.55. The van der Waals surface area contributed by atoms with Crippen molar-refractivity contribution in [2.75, 3.05) is 25.0 Å². The molecule has 0 bridgehead atoms. The predicted molar refractivity (Wildman–Crippen MR) is 178 cm³/mol. The molecule has 1 atom stereocenters. The molecule has 47 heavy (non-hydrogen) atoms. The van der Waals surface area contributed by atoms with Crippen molar-refractivity contribution in [1.82, 2.24) is 10.6 Å².